The van der Waals surface area contributed by atoms with E-state index in [1.807, 2.05) is 0 Å². The summed E-state index contributed by atoms with van der Waals surface area (Å²) in [4.78, 5) is 13.2. The zero-order chi connectivity index (χ0) is 10.7. The first-order valence-corrected chi connectivity index (χ1v) is 5.63. The van der Waals surface area contributed by atoms with Crippen molar-refractivity contribution in [1.82, 2.24) is 10.2 Å². The van der Waals surface area contributed by atoms with E-state index in [9.17, 15) is 4.79 Å². The average Bonchev–Trinajstić information content (AvgIpc) is 2.67. The first kappa shape index (κ1) is 10.7. The Bertz CT molecular complexity index is 229. The highest BCUT2D eigenvalue weighted by Crippen LogP contribution is 2.19. The summed E-state index contributed by atoms with van der Waals surface area (Å²) in [6.45, 7) is 3.74. The number of hydrogen-bond acceptors (Lipinski definition) is 3. The predicted molar refractivity (Wildman–Crippen MR) is 56.5 cm³/mol. The van der Waals surface area contributed by atoms with Gasteiger partial charge in [-0.2, -0.15) is 0 Å². The number of nitrogens with zero attached hydrogens (tertiary/aromatic N) is 1. The SMILES string of the molecule is NC(=O)N[C@@H]1CCN(C2CCOCC2)C1. The Labute approximate surface area is 89.9 Å². The lowest BCUT2D eigenvalue weighted by Crippen LogP contribution is -2.43. The molecule has 15 heavy (non-hydrogen) atoms. The van der Waals surface area contributed by atoms with Crippen molar-refractivity contribution in [1.29, 1.82) is 0 Å². The topological polar surface area (TPSA) is 67.6 Å². The van der Waals surface area contributed by atoms with Crippen LogP contribution in [0, 0.1) is 0 Å². The third-order valence-electron chi connectivity index (χ3n) is 3.27. The molecule has 0 saturated carbocycles. The molecule has 3 N–H and O–H groups in total. The van der Waals surface area contributed by atoms with Crippen molar-refractivity contribution in [3.05, 3.63) is 0 Å². The van der Waals surface area contributed by atoms with Gasteiger partial charge < -0.3 is 15.8 Å². The fourth-order valence-electron chi connectivity index (χ4n) is 2.49. The molecule has 2 saturated heterocycles. The van der Waals surface area contributed by atoms with Crippen molar-refractivity contribution < 1.29 is 9.53 Å². The first-order valence-electron chi connectivity index (χ1n) is 5.63. The standard InChI is InChI=1S/C10H19N3O2/c11-10(14)12-8-1-4-13(7-8)9-2-5-15-6-3-9/h8-9H,1-7H2,(H3,11,12,14)/t8-/m1/s1. The molecule has 2 heterocycles. The Hall–Kier alpha value is -0.810. The fraction of sp³-hybridized carbons (Fsp3) is 0.900. The second kappa shape index (κ2) is 4.81. The van der Waals surface area contributed by atoms with Gasteiger partial charge in [0.1, 0.15) is 0 Å². The van der Waals surface area contributed by atoms with Crippen molar-refractivity contribution in [3.8, 4) is 0 Å². The van der Waals surface area contributed by atoms with Crippen LogP contribution in [0.15, 0.2) is 0 Å². The van der Waals surface area contributed by atoms with Crippen LogP contribution in [0.5, 0.6) is 0 Å². The summed E-state index contributed by atoms with van der Waals surface area (Å²) in [5.74, 6) is 0. The molecular weight excluding hydrogens is 194 g/mol. The van der Waals surface area contributed by atoms with E-state index in [-0.39, 0.29) is 6.04 Å². The maximum Gasteiger partial charge on any atom is 0.312 e. The van der Waals surface area contributed by atoms with E-state index >= 15 is 0 Å². The van der Waals surface area contributed by atoms with E-state index in [4.69, 9.17) is 10.5 Å². The first-order chi connectivity index (χ1) is 7.25. The molecule has 1 atom stereocenters. The number of hydrogen-bond donors (Lipinski definition) is 2. The lowest BCUT2D eigenvalue weighted by Gasteiger charge is -2.30. The van der Waals surface area contributed by atoms with Crippen LogP contribution in [0.2, 0.25) is 0 Å². The molecule has 2 aliphatic heterocycles. The van der Waals surface area contributed by atoms with Gasteiger partial charge >= 0.3 is 6.03 Å². The highest BCUT2D eigenvalue weighted by Gasteiger charge is 2.29. The van der Waals surface area contributed by atoms with Crippen molar-refractivity contribution in [2.24, 2.45) is 5.73 Å². The number of primary amides is 1. The van der Waals surface area contributed by atoms with E-state index in [2.05, 4.69) is 10.2 Å². The van der Waals surface area contributed by atoms with Gasteiger partial charge in [0, 0.05) is 38.4 Å². The summed E-state index contributed by atoms with van der Waals surface area (Å²) < 4.78 is 5.33. The highest BCUT2D eigenvalue weighted by molar-refractivity contribution is 5.72. The summed E-state index contributed by atoms with van der Waals surface area (Å²) in [6, 6.07) is 0.470. The number of amides is 2. The van der Waals surface area contributed by atoms with Crippen LogP contribution in [0.25, 0.3) is 0 Å². The lowest BCUT2D eigenvalue weighted by molar-refractivity contribution is 0.0417. The number of likely N-dealkylation sites (tertiary alicyclic amines) is 1. The predicted octanol–water partition coefficient (Wildman–Crippen LogP) is -0.0920. The van der Waals surface area contributed by atoms with Gasteiger partial charge in [0.05, 0.1) is 0 Å². The van der Waals surface area contributed by atoms with Gasteiger partial charge in [-0.25, -0.2) is 4.79 Å². The molecule has 86 valence electrons. The normalized spacial score (nSPS) is 29.2. The molecule has 2 aliphatic rings. The molecule has 0 radical (unpaired) electrons. The second-order valence-electron chi connectivity index (χ2n) is 4.33. The smallest absolute Gasteiger partial charge is 0.312 e. The molecule has 0 unspecified atom stereocenters. The highest BCUT2D eigenvalue weighted by atomic mass is 16.5. The van der Waals surface area contributed by atoms with Gasteiger partial charge in [-0.3, -0.25) is 4.90 Å². The summed E-state index contributed by atoms with van der Waals surface area (Å²) in [7, 11) is 0. The van der Waals surface area contributed by atoms with Crippen LogP contribution < -0.4 is 11.1 Å². The molecule has 0 bridgehead atoms. The van der Waals surface area contributed by atoms with E-state index < -0.39 is 6.03 Å². The van der Waals surface area contributed by atoms with Crippen LogP contribution >= 0.6 is 0 Å². The third kappa shape index (κ3) is 2.82. The number of nitrogens with one attached hydrogen (secondary N) is 1. The molecule has 2 rings (SSSR count). The quantitative estimate of drug-likeness (QED) is 0.673. The minimum atomic E-state index is -0.408. The lowest BCUT2D eigenvalue weighted by atomic mass is 10.1. The summed E-state index contributed by atoms with van der Waals surface area (Å²) >= 11 is 0. The largest absolute Gasteiger partial charge is 0.381 e. The molecule has 2 amide bonds. The molecule has 0 spiro atoms. The second-order valence-corrected chi connectivity index (χ2v) is 4.33. The fourth-order valence-corrected chi connectivity index (χ4v) is 2.49. The summed E-state index contributed by atoms with van der Waals surface area (Å²) in [5, 5.41) is 2.78. The van der Waals surface area contributed by atoms with Crippen molar-refractivity contribution in [2.75, 3.05) is 26.3 Å². The molecule has 2 fully saturated rings. The molecule has 5 heteroatoms. The Morgan fingerprint density at radius 3 is 2.73 bits per heavy atom. The number of nitrogens with two attached hydrogens (primary N) is 1. The number of carbonyl (C=O) groups is 1. The molecule has 0 aromatic heterocycles. The van der Waals surface area contributed by atoms with Crippen LogP contribution in [0.1, 0.15) is 19.3 Å². The van der Waals surface area contributed by atoms with Gasteiger partial charge in [0.2, 0.25) is 0 Å². The number of urea groups is 1. The van der Waals surface area contributed by atoms with Crippen molar-refractivity contribution >= 4 is 6.03 Å². The van der Waals surface area contributed by atoms with E-state index in [1.165, 1.54) is 0 Å². The van der Waals surface area contributed by atoms with Gasteiger partial charge in [0.25, 0.3) is 0 Å². The monoisotopic (exact) mass is 213 g/mol. The Kier molecular flexibility index (Phi) is 3.43. The van der Waals surface area contributed by atoms with Crippen molar-refractivity contribution in [2.45, 2.75) is 31.3 Å². The van der Waals surface area contributed by atoms with Crippen LogP contribution in [0.4, 0.5) is 4.79 Å². The van der Waals surface area contributed by atoms with E-state index in [1.54, 1.807) is 0 Å². The Morgan fingerprint density at radius 2 is 2.07 bits per heavy atom. The van der Waals surface area contributed by atoms with E-state index in [0.29, 0.717) is 6.04 Å². The minimum Gasteiger partial charge on any atom is -0.381 e. The van der Waals surface area contributed by atoms with Crippen LogP contribution in [0.3, 0.4) is 0 Å². The molecule has 0 aliphatic carbocycles. The maximum absolute atomic E-state index is 10.7. The molecule has 5 nitrogen and oxygen atoms in total. The van der Waals surface area contributed by atoms with Crippen molar-refractivity contribution in [3.63, 3.8) is 0 Å². The third-order valence-corrected chi connectivity index (χ3v) is 3.27. The summed E-state index contributed by atoms with van der Waals surface area (Å²) in [6.07, 6.45) is 3.24. The number of rotatable bonds is 2. The van der Waals surface area contributed by atoms with Gasteiger partial charge in [-0.15, -0.1) is 0 Å². The van der Waals surface area contributed by atoms with Gasteiger partial charge in [-0.1, -0.05) is 0 Å². The zero-order valence-electron chi connectivity index (χ0n) is 8.95. The number of ether oxygens (including phenoxy) is 1. The maximum atomic E-state index is 10.7. The molecular formula is C10H19N3O2. The molecule has 0 aromatic rings. The van der Waals surface area contributed by atoms with Crippen LogP contribution in [-0.4, -0.2) is 49.3 Å². The minimum absolute atomic E-state index is 0.241. The Balaban J connectivity index is 1.78. The van der Waals surface area contributed by atoms with Crippen LogP contribution in [-0.2, 0) is 4.74 Å². The molecule has 0 aromatic carbocycles. The van der Waals surface area contributed by atoms with Gasteiger partial charge in [0.15, 0.2) is 0 Å². The summed E-state index contributed by atoms with van der Waals surface area (Å²) in [5.41, 5.74) is 5.11. The average molecular weight is 213 g/mol. The van der Waals surface area contributed by atoms with E-state index in [0.717, 1.165) is 45.6 Å². The number of carbonyl (C=O) groups excluding carboxylic acids is 1. The van der Waals surface area contributed by atoms with Gasteiger partial charge in [-0.05, 0) is 19.3 Å². The Morgan fingerprint density at radius 1 is 1.33 bits per heavy atom. The zero-order valence-corrected chi connectivity index (χ0v) is 8.95.